The number of amides is 1. The Morgan fingerprint density at radius 1 is 1.03 bits per heavy atom. The first-order chi connectivity index (χ1) is 17.9. The maximum atomic E-state index is 13.6. The van der Waals surface area contributed by atoms with Crippen LogP contribution in [0, 0.1) is 12.7 Å². The van der Waals surface area contributed by atoms with Crippen LogP contribution in [0.1, 0.15) is 28.5 Å². The first-order valence-electron chi connectivity index (χ1n) is 11.5. The standard InChI is InChI=1S/C29H22FN3O4/c1-17-27-24(20(15-31-17)16-36-18(2)34)14-25(29(37-27)32-22-12-10-21(30)11-13-22)28(35)33-26-9-5-7-19-6-3-4-8-23(19)26/h3-15H,16H2,1-2H3,(H,33,35). The number of fused-ring (bicyclic) bond motifs is 2. The molecule has 0 aliphatic heterocycles. The summed E-state index contributed by atoms with van der Waals surface area (Å²) in [6, 6.07) is 20.5. The number of esters is 1. The van der Waals surface area contributed by atoms with Crippen molar-refractivity contribution in [2.45, 2.75) is 20.5 Å². The maximum Gasteiger partial charge on any atom is 0.302 e. The Morgan fingerprint density at radius 3 is 2.57 bits per heavy atom. The van der Waals surface area contributed by atoms with Crippen LogP contribution in [0.4, 0.5) is 15.8 Å². The minimum Gasteiger partial charge on any atom is -0.461 e. The average molecular weight is 496 g/mol. The van der Waals surface area contributed by atoms with Gasteiger partial charge in [0.2, 0.25) is 5.55 Å². The highest BCUT2D eigenvalue weighted by atomic mass is 19.1. The zero-order chi connectivity index (χ0) is 25.9. The number of nitrogens with one attached hydrogen (secondary N) is 1. The number of hydrogen-bond acceptors (Lipinski definition) is 6. The largest absolute Gasteiger partial charge is 0.461 e. The minimum absolute atomic E-state index is 0.0337. The molecular formula is C29H22FN3O4. The second kappa shape index (κ2) is 10.0. The number of carbonyl (C=O) groups is 2. The fraction of sp³-hybridized carbons (Fsp3) is 0.103. The predicted octanol–water partition coefficient (Wildman–Crippen LogP) is 5.98. The van der Waals surface area contributed by atoms with E-state index in [0.29, 0.717) is 33.6 Å². The van der Waals surface area contributed by atoms with Crippen molar-refractivity contribution in [1.82, 2.24) is 4.98 Å². The number of anilines is 1. The van der Waals surface area contributed by atoms with Gasteiger partial charge in [-0.2, -0.15) is 0 Å². The van der Waals surface area contributed by atoms with Crippen molar-refractivity contribution >= 4 is 45.0 Å². The van der Waals surface area contributed by atoms with E-state index in [1.807, 2.05) is 42.5 Å². The molecule has 1 amide bonds. The van der Waals surface area contributed by atoms with Gasteiger partial charge in [-0.3, -0.25) is 14.6 Å². The van der Waals surface area contributed by atoms with Crippen LogP contribution in [-0.4, -0.2) is 16.9 Å². The van der Waals surface area contributed by atoms with Gasteiger partial charge in [-0.1, -0.05) is 36.4 Å². The number of aromatic nitrogens is 1. The van der Waals surface area contributed by atoms with Gasteiger partial charge in [-0.25, -0.2) is 9.38 Å². The van der Waals surface area contributed by atoms with Gasteiger partial charge in [-0.15, -0.1) is 0 Å². The molecule has 0 saturated carbocycles. The number of hydrogen-bond donors (Lipinski definition) is 1. The summed E-state index contributed by atoms with van der Waals surface area (Å²) in [6.45, 7) is 3.04. The van der Waals surface area contributed by atoms with Crippen LogP contribution in [0.25, 0.3) is 21.7 Å². The number of halogens is 1. The molecule has 0 radical (unpaired) electrons. The van der Waals surface area contributed by atoms with Crippen molar-refractivity contribution in [3.8, 4) is 0 Å². The molecule has 0 spiro atoms. The Hall–Kier alpha value is -4.85. The van der Waals surface area contributed by atoms with E-state index in [1.54, 1.807) is 19.2 Å². The lowest BCUT2D eigenvalue weighted by Gasteiger charge is -2.12. The summed E-state index contributed by atoms with van der Waals surface area (Å²) in [5.74, 6) is -1.29. The van der Waals surface area contributed by atoms with Crippen LogP contribution >= 0.6 is 0 Å². The molecular weight excluding hydrogens is 473 g/mol. The van der Waals surface area contributed by atoms with E-state index in [-0.39, 0.29) is 17.7 Å². The van der Waals surface area contributed by atoms with Gasteiger partial charge in [0.15, 0.2) is 5.58 Å². The Bertz CT molecular complexity index is 1720. The van der Waals surface area contributed by atoms with E-state index >= 15 is 0 Å². The number of carbonyl (C=O) groups excluding carboxylic acids is 2. The first kappa shape index (κ1) is 23.9. The number of benzene rings is 3. The Morgan fingerprint density at radius 2 is 1.78 bits per heavy atom. The molecule has 1 N–H and O–H groups in total. The highest BCUT2D eigenvalue weighted by molar-refractivity contribution is 6.10. The molecule has 8 heteroatoms. The third-order valence-corrected chi connectivity index (χ3v) is 5.82. The molecule has 5 aromatic rings. The normalized spacial score (nSPS) is 11.6. The summed E-state index contributed by atoms with van der Waals surface area (Å²) in [4.78, 5) is 33.9. The molecule has 37 heavy (non-hydrogen) atoms. The van der Waals surface area contributed by atoms with E-state index in [9.17, 15) is 14.0 Å². The maximum absolute atomic E-state index is 13.6. The summed E-state index contributed by atoms with van der Waals surface area (Å²) < 4.78 is 24.8. The molecule has 184 valence electrons. The molecule has 0 aliphatic rings. The summed E-state index contributed by atoms with van der Waals surface area (Å²) in [6.07, 6.45) is 1.58. The first-order valence-corrected chi connectivity index (χ1v) is 11.5. The lowest BCUT2D eigenvalue weighted by Crippen LogP contribution is -2.22. The van der Waals surface area contributed by atoms with Gasteiger partial charge in [0, 0.05) is 35.1 Å². The van der Waals surface area contributed by atoms with E-state index in [4.69, 9.17) is 9.15 Å². The zero-order valence-electron chi connectivity index (χ0n) is 20.1. The Labute approximate surface area is 211 Å². The lowest BCUT2D eigenvalue weighted by atomic mass is 10.1. The van der Waals surface area contributed by atoms with Crippen molar-refractivity contribution in [2.75, 3.05) is 5.32 Å². The van der Waals surface area contributed by atoms with Crippen LogP contribution in [0.2, 0.25) is 0 Å². The van der Waals surface area contributed by atoms with Crippen LogP contribution in [0.5, 0.6) is 0 Å². The average Bonchev–Trinajstić information content (AvgIpc) is 2.89. The Kier molecular flexibility index (Phi) is 6.47. The smallest absolute Gasteiger partial charge is 0.302 e. The molecule has 0 aliphatic carbocycles. The van der Waals surface area contributed by atoms with Crippen molar-refractivity contribution in [2.24, 2.45) is 4.99 Å². The van der Waals surface area contributed by atoms with Crippen LogP contribution < -0.4 is 10.9 Å². The Balaban J connectivity index is 1.68. The predicted molar refractivity (Wildman–Crippen MR) is 138 cm³/mol. The fourth-order valence-corrected chi connectivity index (χ4v) is 3.99. The lowest BCUT2D eigenvalue weighted by molar-refractivity contribution is -0.142. The van der Waals surface area contributed by atoms with Crippen molar-refractivity contribution in [3.05, 3.63) is 107 Å². The zero-order valence-corrected chi connectivity index (χ0v) is 20.1. The van der Waals surface area contributed by atoms with E-state index in [2.05, 4.69) is 15.3 Å². The quantitative estimate of drug-likeness (QED) is 0.303. The van der Waals surface area contributed by atoms with E-state index in [1.165, 1.54) is 31.2 Å². The van der Waals surface area contributed by atoms with Gasteiger partial charge in [0.1, 0.15) is 18.0 Å². The number of rotatable bonds is 5. The van der Waals surface area contributed by atoms with Gasteiger partial charge in [-0.05, 0) is 48.7 Å². The monoisotopic (exact) mass is 495 g/mol. The number of nitrogens with zero attached hydrogens (tertiary/aromatic N) is 2. The molecule has 7 nitrogen and oxygen atoms in total. The number of pyridine rings is 1. The topological polar surface area (TPSA) is 93.8 Å². The summed E-state index contributed by atoms with van der Waals surface area (Å²) in [5, 5.41) is 5.39. The molecule has 5 rings (SSSR count). The van der Waals surface area contributed by atoms with E-state index < -0.39 is 17.7 Å². The summed E-state index contributed by atoms with van der Waals surface area (Å²) >= 11 is 0. The molecule has 0 atom stereocenters. The molecule has 0 bridgehead atoms. The fourth-order valence-electron chi connectivity index (χ4n) is 3.99. The molecule has 0 saturated heterocycles. The number of aryl methyl sites for hydroxylation is 1. The van der Waals surface area contributed by atoms with Gasteiger partial charge >= 0.3 is 5.97 Å². The molecule has 0 unspecified atom stereocenters. The third kappa shape index (κ3) is 5.08. The minimum atomic E-state index is -0.448. The summed E-state index contributed by atoms with van der Waals surface area (Å²) in [7, 11) is 0. The SMILES string of the molecule is CC(=O)OCc1cnc(C)c2oc(=Nc3ccc(F)cc3)c(C(=O)Nc3cccc4ccccc34)cc12. The highest BCUT2D eigenvalue weighted by Crippen LogP contribution is 2.25. The van der Waals surface area contributed by atoms with Crippen LogP contribution in [0.15, 0.2) is 88.4 Å². The molecule has 3 aromatic carbocycles. The van der Waals surface area contributed by atoms with Crippen molar-refractivity contribution in [3.63, 3.8) is 0 Å². The molecule has 2 aromatic heterocycles. The van der Waals surface area contributed by atoms with Crippen molar-refractivity contribution < 1.29 is 23.1 Å². The van der Waals surface area contributed by atoms with Crippen molar-refractivity contribution in [1.29, 1.82) is 0 Å². The van der Waals surface area contributed by atoms with Crippen LogP contribution in [0.3, 0.4) is 0 Å². The second-order valence-corrected chi connectivity index (χ2v) is 8.43. The second-order valence-electron chi connectivity index (χ2n) is 8.43. The summed E-state index contributed by atoms with van der Waals surface area (Å²) in [5.41, 5.74) is 2.76. The third-order valence-electron chi connectivity index (χ3n) is 5.82. The van der Waals surface area contributed by atoms with Crippen LogP contribution in [-0.2, 0) is 16.1 Å². The molecule has 2 heterocycles. The van der Waals surface area contributed by atoms with Gasteiger partial charge in [0.25, 0.3) is 5.91 Å². The molecule has 0 fully saturated rings. The highest BCUT2D eigenvalue weighted by Gasteiger charge is 2.18. The number of ether oxygens (including phenoxy) is 1. The van der Waals surface area contributed by atoms with E-state index in [0.717, 1.165) is 10.8 Å². The van der Waals surface area contributed by atoms with Gasteiger partial charge in [0.05, 0.1) is 11.4 Å². The van der Waals surface area contributed by atoms with Gasteiger partial charge < -0.3 is 14.5 Å².